The molecule has 0 N–H and O–H groups in total. The van der Waals surface area contributed by atoms with E-state index in [0.29, 0.717) is 0 Å². The third-order valence-corrected chi connectivity index (χ3v) is 11.1. The zero-order chi connectivity index (χ0) is 33.7. The molecule has 9 rings (SSSR count). The number of hydrogen-bond donors (Lipinski definition) is 0. The van der Waals surface area contributed by atoms with Crippen molar-refractivity contribution in [2.75, 3.05) is 4.90 Å². The minimum absolute atomic E-state index is 0.122. The van der Waals surface area contributed by atoms with Gasteiger partial charge in [0.05, 0.1) is 0 Å². The summed E-state index contributed by atoms with van der Waals surface area (Å²) >= 11 is 0. The molecule has 0 saturated carbocycles. The first-order chi connectivity index (χ1) is 24.6. The summed E-state index contributed by atoms with van der Waals surface area (Å²) < 4.78 is 0. The van der Waals surface area contributed by atoms with Gasteiger partial charge in [0.2, 0.25) is 0 Å². The van der Waals surface area contributed by atoms with Crippen molar-refractivity contribution >= 4 is 17.1 Å². The van der Waals surface area contributed by atoms with Gasteiger partial charge in [0, 0.05) is 22.5 Å². The van der Waals surface area contributed by atoms with Crippen molar-refractivity contribution in [3.05, 3.63) is 186 Å². The third kappa shape index (κ3) is 5.17. The van der Waals surface area contributed by atoms with Crippen LogP contribution < -0.4 is 4.90 Å². The van der Waals surface area contributed by atoms with Crippen LogP contribution in [0.3, 0.4) is 0 Å². The summed E-state index contributed by atoms with van der Waals surface area (Å²) in [5, 5.41) is 0. The Labute approximate surface area is 296 Å². The molecule has 0 radical (unpaired) electrons. The first-order valence-electron chi connectivity index (χ1n) is 18.1. The van der Waals surface area contributed by atoms with Crippen molar-refractivity contribution in [1.29, 1.82) is 0 Å². The lowest BCUT2D eigenvalue weighted by Crippen LogP contribution is -2.16. The normalized spacial score (nSPS) is 14.0. The van der Waals surface area contributed by atoms with Gasteiger partial charge >= 0.3 is 0 Å². The van der Waals surface area contributed by atoms with Gasteiger partial charge in [0.1, 0.15) is 0 Å². The topological polar surface area (TPSA) is 3.24 Å². The van der Waals surface area contributed by atoms with Gasteiger partial charge in [0.25, 0.3) is 0 Å². The molecule has 0 unspecified atom stereocenters. The Hall–Kier alpha value is -5.66. The minimum Gasteiger partial charge on any atom is -0.310 e. The largest absolute Gasteiger partial charge is 0.310 e. The Morgan fingerprint density at radius 2 is 1.00 bits per heavy atom. The van der Waals surface area contributed by atoms with Crippen molar-refractivity contribution in [3.8, 4) is 44.5 Å². The molecule has 2 aliphatic carbocycles. The maximum Gasteiger partial charge on any atom is 0.0465 e. The van der Waals surface area contributed by atoms with E-state index in [-0.39, 0.29) is 5.41 Å². The van der Waals surface area contributed by atoms with Gasteiger partial charge in [-0.2, -0.15) is 0 Å². The molecule has 0 amide bonds. The number of rotatable bonds is 6. The van der Waals surface area contributed by atoms with Crippen LogP contribution in [-0.4, -0.2) is 0 Å². The Kier molecular flexibility index (Phi) is 7.50. The molecule has 0 heterocycles. The second-order valence-corrected chi connectivity index (χ2v) is 14.4. The molecule has 1 heteroatoms. The molecule has 0 atom stereocenters. The highest BCUT2D eigenvalue weighted by Crippen LogP contribution is 2.53. The van der Waals surface area contributed by atoms with Crippen LogP contribution in [0.25, 0.3) is 44.5 Å². The Morgan fingerprint density at radius 1 is 0.420 bits per heavy atom. The van der Waals surface area contributed by atoms with E-state index in [2.05, 4.69) is 183 Å². The smallest absolute Gasteiger partial charge is 0.0465 e. The van der Waals surface area contributed by atoms with Crippen molar-refractivity contribution < 1.29 is 0 Å². The fourth-order valence-electron chi connectivity index (χ4n) is 8.49. The van der Waals surface area contributed by atoms with Crippen LogP contribution in [0.5, 0.6) is 0 Å². The highest BCUT2D eigenvalue weighted by Gasteiger charge is 2.37. The predicted molar refractivity (Wildman–Crippen MR) is 212 cm³/mol. The number of anilines is 3. The Bertz CT molecular complexity index is 2310. The summed E-state index contributed by atoms with van der Waals surface area (Å²) in [5.41, 5.74) is 19.6. The van der Waals surface area contributed by atoms with Crippen molar-refractivity contribution in [1.82, 2.24) is 0 Å². The molecule has 0 fully saturated rings. The number of benzene rings is 7. The maximum absolute atomic E-state index is 2.42. The van der Waals surface area contributed by atoms with E-state index in [1.165, 1.54) is 92.6 Å². The van der Waals surface area contributed by atoms with Gasteiger partial charge in [0.15, 0.2) is 0 Å². The van der Waals surface area contributed by atoms with Crippen LogP contribution in [-0.2, 0) is 18.3 Å². The lowest BCUT2D eigenvalue weighted by Gasteiger charge is -2.28. The van der Waals surface area contributed by atoms with Crippen LogP contribution in [0, 0.1) is 0 Å². The molecule has 1 nitrogen and oxygen atoms in total. The zero-order valence-electron chi connectivity index (χ0n) is 28.9. The summed E-state index contributed by atoms with van der Waals surface area (Å²) in [4.78, 5) is 2.39. The van der Waals surface area contributed by atoms with Crippen LogP contribution in [0.1, 0.15) is 48.9 Å². The predicted octanol–water partition coefficient (Wildman–Crippen LogP) is 13.3. The molecule has 7 aromatic rings. The average Bonchev–Trinajstić information content (AvgIpc) is 3.41. The summed E-state index contributed by atoms with van der Waals surface area (Å²) in [6.45, 7) is 4.74. The molecule has 2 aliphatic rings. The number of para-hydroxylation sites is 1. The van der Waals surface area contributed by atoms with E-state index in [9.17, 15) is 0 Å². The molecule has 0 saturated heterocycles. The van der Waals surface area contributed by atoms with Gasteiger partial charge in [-0.05, 0) is 129 Å². The molecule has 242 valence electrons. The van der Waals surface area contributed by atoms with Gasteiger partial charge in [-0.1, -0.05) is 141 Å². The molecule has 0 aromatic heterocycles. The molecular formula is C49H41N. The number of fused-ring (bicyclic) bond motifs is 4. The fourth-order valence-corrected chi connectivity index (χ4v) is 8.49. The minimum atomic E-state index is -0.122. The van der Waals surface area contributed by atoms with E-state index >= 15 is 0 Å². The van der Waals surface area contributed by atoms with Crippen LogP contribution in [0.15, 0.2) is 164 Å². The van der Waals surface area contributed by atoms with Crippen LogP contribution in [0.2, 0.25) is 0 Å². The van der Waals surface area contributed by atoms with Gasteiger partial charge in [-0.3, -0.25) is 0 Å². The summed E-state index contributed by atoms with van der Waals surface area (Å²) in [6, 6.07) is 60.5. The molecule has 0 bridgehead atoms. The monoisotopic (exact) mass is 643 g/mol. The third-order valence-electron chi connectivity index (χ3n) is 11.1. The molecule has 0 aliphatic heterocycles. The molecule has 7 aromatic carbocycles. The second kappa shape index (κ2) is 12.3. The first-order valence-corrected chi connectivity index (χ1v) is 18.1. The standard InChI is InChI=1S/C49H41N/c1-49(2)46-22-12-21-44(37-13-5-3-6-14-37)48(46)45-32-31-41(33-47(45)49)50(39-17-7-4-8-18-39)40-29-27-35(28-30-40)34-23-25-38(26-24-34)43-20-11-16-36-15-9-10-19-42(36)43/h3-8,11-14,16-18,20-33H,9-10,15,19H2,1-2H3. The summed E-state index contributed by atoms with van der Waals surface area (Å²) in [7, 11) is 0. The lowest BCUT2D eigenvalue weighted by atomic mass is 9.81. The van der Waals surface area contributed by atoms with Gasteiger partial charge < -0.3 is 4.90 Å². The Morgan fingerprint density at radius 3 is 1.76 bits per heavy atom. The average molecular weight is 644 g/mol. The lowest BCUT2D eigenvalue weighted by molar-refractivity contribution is 0.660. The van der Waals surface area contributed by atoms with Crippen molar-refractivity contribution in [2.45, 2.75) is 44.9 Å². The van der Waals surface area contributed by atoms with E-state index in [1.807, 2.05) is 0 Å². The highest BCUT2D eigenvalue weighted by atomic mass is 15.1. The number of nitrogens with zero attached hydrogens (tertiary/aromatic N) is 1. The quantitative estimate of drug-likeness (QED) is 0.174. The van der Waals surface area contributed by atoms with Crippen LogP contribution in [0.4, 0.5) is 17.1 Å². The Balaban J connectivity index is 1.07. The van der Waals surface area contributed by atoms with E-state index in [0.717, 1.165) is 11.4 Å². The van der Waals surface area contributed by atoms with E-state index in [1.54, 1.807) is 5.56 Å². The van der Waals surface area contributed by atoms with Crippen LogP contribution >= 0.6 is 0 Å². The SMILES string of the molecule is CC1(C)c2cc(N(c3ccccc3)c3ccc(-c4ccc(-c5cccc6c5CCCC6)cc4)cc3)ccc2-c2c(-c3ccccc3)cccc21. The van der Waals surface area contributed by atoms with E-state index in [4.69, 9.17) is 0 Å². The highest BCUT2D eigenvalue weighted by molar-refractivity contribution is 5.94. The molecule has 50 heavy (non-hydrogen) atoms. The molecular weight excluding hydrogens is 603 g/mol. The number of aryl methyl sites for hydroxylation is 1. The fraction of sp³-hybridized carbons (Fsp3) is 0.143. The van der Waals surface area contributed by atoms with Crippen molar-refractivity contribution in [3.63, 3.8) is 0 Å². The maximum atomic E-state index is 2.42. The molecule has 0 spiro atoms. The number of hydrogen-bond acceptors (Lipinski definition) is 1. The van der Waals surface area contributed by atoms with Gasteiger partial charge in [-0.15, -0.1) is 0 Å². The summed E-state index contributed by atoms with van der Waals surface area (Å²) in [6.07, 6.45) is 5.00. The zero-order valence-corrected chi connectivity index (χ0v) is 28.9. The first kappa shape index (κ1) is 30.4. The van der Waals surface area contributed by atoms with Gasteiger partial charge in [-0.25, -0.2) is 0 Å². The van der Waals surface area contributed by atoms with E-state index < -0.39 is 0 Å². The van der Waals surface area contributed by atoms with Crippen molar-refractivity contribution in [2.24, 2.45) is 0 Å². The summed E-state index contributed by atoms with van der Waals surface area (Å²) in [5.74, 6) is 0. The second-order valence-electron chi connectivity index (χ2n) is 14.4.